The molecule has 0 amide bonds. The second-order valence-corrected chi connectivity index (χ2v) is 11.7. The lowest BCUT2D eigenvalue weighted by atomic mass is 9.76. The predicted octanol–water partition coefficient (Wildman–Crippen LogP) is 9.74. The van der Waals surface area contributed by atoms with Crippen LogP contribution < -0.4 is 10.6 Å². The molecule has 1 aliphatic heterocycles. The molecule has 1 heterocycles. The zero-order valence-electron chi connectivity index (χ0n) is 23.5. The fourth-order valence-electron chi connectivity index (χ4n) is 4.98. The maximum absolute atomic E-state index is 3.93. The quantitative estimate of drug-likeness (QED) is 0.421. The van der Waals surface area contributed by atoms with E-state index in [4.69, 9.17) is 0 Å². The first-order valence-electron chi connectivity index (χ1n) is 13.4. The van der Waals surface area contributed by atoms with Crippen LogP contribution in [0.3, 0.4) is 0 Å². The van der Waals surface area contributed by atoms with Gasteiger partial charge in [0.1, 0.15) is 0 Å². The number of rotatable bonds is 7. The topological polar surface area (TPSA) is 24.1 Å². The van der Waals surface area contributed by atoms with Gasteiger partial charge in [0, 0.05) is 34.4 Å². The van der Waals surface area contributed by atoms with Gasteiger partial charge in [-0.2, -0.15) is 0 Å². The Bertz CT molecular complexity index is 1130. The summed E-state index contributed by atoms with van der Waals surface area (Å²) in [6.07, 6.45) is 11.1. The smallest absolute Gasteiger partial charge is 0.0459 e. The molecule has 0 aromatic heterocycles. The zero-order chi connectivity index (χ0) is 25.8. The zero-order valence-corrected chi connectivity index (χ0v) is 23.5. The van der Waals surface area contributed by atoms with E-state index in [9.17, 15) is 0 Å². The molecular formula is C33H46N2. The molecule has 2 N–H and O–H groups in total. The van der Waals surface area contributed by atoms with Crippen molar-refractivity contribution < 1.29 is 0 Å². The lowest BCUT2D eigenvalue weighted by Gasteiger charge is -2.31. The number of para-hydroxylation sites is 1. The minimum atomic E-state index is 0.0261. The van der Waals surface area contributed by atoms with Crippen molar-refractivity contribution in [3.05, 3.63) is 88.3 Å². The van der Waals surface area contributed by atoms with Crippen molar-refractivity contribution in [3.8, 4) is 0 Å². The molecule has 0 saturated carbocycles. The second kappa shape index (κ2) is 10.9. The second-order valence-electron chi connectivity index (χ2n) is 11.7. The molecule has 2 nitrogen and oxygen atoms in total. The molecule has 0 aliphatic carbocycles. The number of nitrogens with one attached hydrogen (secondary N) is 2. The summed E-state index contributed by atoms with van der Waals surface area (Å²) in [6, 6.07) is 13.5. The van der Waals surface area contributed by atoms with Gasteiger partial charge in [-0.05, 0) is 64.5 Å². The highest BCUT2D eigenvalue weighted by atomic mass is 14.9. The van der Waals surface area contributed by atoms with Crippen molar-refractivity contribution in [2.24, 2.45) is 0 Å². The van der Waals surface area contributed by atoms with Crippen LogP contribution in [-0.2, 0) is 17.3 Å². The highest BCUT2D eigenvalue weighted by Crippen LogP contribution is 2.41. The van der Waals surface area contributed by atoms with Crippen LogP contribution in [0, 0.1) is 0 Å². The van der Waals surface area contributed by atoms with E-state index in [1.807, 2.05) is 0 Å². The summed E-state index contributed by atoms with van der Waals surface area (Å²) in [6.45, 7) is 20.7. The molecule has 188 valence electrons. The average Bonchev–Trinajstić information content (AvgIpc) is 2.78. The fraction of sp³-hybridized carbons (Fsp3) is 0.455. The van der Waals surface area contributed by atoms with Crippen LogP contribution in [0.5, 0.6) is 0 Å². The molecule has 0 radical (unpaired) electrons. The monoisotopic (exact) mass is 470 g/mol. The molecule has 3 rings (SSSR count). The predicted molar refractivity (Wildman–Crippen MR) is 156 cm³/mol. The van der Waals surface area contributed by atoms with E-state index >= 15 is 0 Å². The van der Waals surface area contributed by atoms with Gasteiger partial charge in [-0.3, -0.25) is 0 Å². The maximum atomic E-state index is 3.93. The molecule has 0 saturated heterocycles. The Morgan fingerprint density at radius 2 is 1.57 bits per heavy atom. The van der Waals surface area contributed by atoms with Gasteiger partial charge in [0.25, 0.3) is 0 Å². The van der Waals surface area contributed by atoms with E-state index in [2.05, 4.69) is 128 Å². The van der Waals surface area contributed by atoms with E-state index in [0.29, 0.717) is 0 Å². The molecule has 2 aromatic carbocycles. The minimum Gasteiger partial charge on any atom is -0.360 e. The first kappa shape index (κ1) is 26.9. The van der Waals surface area contributed by atoms with E-state index in [1.54, 1.807) is 0 Å². The molecule has 0 atom stereocenters. The Kier molecular flexibility index (Phi) is 8.36. The van der Waals surface area contributed by atoms with Gasteiger partial charge in [-0.1, -0.05) is 105 Å². The van der Waals surface area contributed by atoms with Crippen molar-refractivity contribution in [3.63, 3.8) is 0 Å². The summed E-state index contributed by atoms with van der Waals surface area (Å²) in [5.74, 6) is 0. The number of hydrogen-bond donors (Lipinski definition) is 2. The van der Waals surface area contributed by atoms with Gasteiger partial charge >= 0.3 is 0 Å². The first-order chi connectivity index (χ1) is 16.5. The van der Waals surface area contributed by atoms with Crippen LogP contribution in [0.15, 0.2) is 66.0 Å². The first-order valence-corrected chi connectivity index (χ1v) is 13.4. The molecule has 35 heavy (non-hydrogen) atoms. The Hall–Kier alpha value is -2.74. The van der Waals surface area contributed by atoms with Gasteiger partial charge in [-0.15, -0.1) is 0 Å². The van der Waals surface area contributed by atoms with E-state index in [1.165, 1.54) is 50.5 Å². The van der Waals surface area contributed by atoms with Gasteiger partial charge < -0.3 is 10.6 Å². The number of allylic oxidation sites excluding steroid dienone is 3. The molecule has 1 aliphatic rings. The lowest BCUT2D eigenvalue weighted by Crippen LogP contribution is -2.21. The van der Waals surface area contributed by atoms with Gasteiger partial charge in [0.2, 0.25) is 0 Å². The number of fused-ring (bicyclic) bond motifs is 1. The van der Waals surface area contributed by atoms with Crippen LogP contribution in [0.2, 0.25) is 0 Å². The van der Waals surface area contributed by atoms with Gasteiger partial charge in [0.05, 0.1) is 0 Å². The van der Waals surface area contributed by atoms with Gasteiger partial charge in [0.15, 0.2) is 0 Å². The maximum Gasteiger partial charge on any atom is 0.0459 e. The molecule has 2 heteroatoms. The third-order valence-electron chi connectivity index (χ3n) is 6.63. The normalized spacial score (nSPS) is 15.5. The minimum absolute atomic E-state index is 0.0261. The molecule has 0 bridgehead atoms. The van der Waals surface area contributed by atoms with Crippen LogP contribution >= 0.6 is 0 Å². The van der Waals surface area contributed by atoms with Crippen molar-refractivity contribution in [2.45, 2.75) is 98.8 Å². The summed E-state index contributed by atoms with van der Waals surface area (Å²) < 4.78 is 0. The van der Waals surface area contributed by atoms with Crippen LogP contribution in [0.25, 0.3) is 5.57 Å². The summed E-state index contributed by atoms with van der Waals surface area (Å²) >= 11 is 0. The molecular weight excluding hydrogens is 424 g/mol. The standard InChI is InChI=1S/C33H46N2/c1-10-15-23-20-31(28(33(7,8)9)21-27(23)32(4,5)6)35-30(17-12-3)26-22-34-29-19-14-13-18-25(29)24(26)16-11-2/h13-14,16-22,34-35H,10-12,15H2,1-9H3/b24-16+,30-17+. The van der Waals surface area contributed by atoms with Crippen LogP contribution in [0.4, 0.5) is 11.4 Å². The summed E-state index contributed by atoms with van der Waals surface area (Å²) in [4.78, 5) is 0. The van der Waals surface area contributed by atoms with Crippen molar-refractivity contribution >= 4 is 16.9 Å². The summed E-state index contributed by atoms with van der Waals surface area (Å²) in [5, 5.41) is 7.48. The largest absolute Gasteiger partial charge is 0.360 e. The van der Waals surface area contributed by atoms with E-state index in [0.717, 1.165) is 25.7 Å². The van der Waals surface area contributed by atoms with E-state index < -0.39 is 0 Å². The van der Waals surface area contributed by atoms with Crippen molar-refractivity contribution in [2.75, 3.05) is 10.6 Å². The molecule has 0 spiro atoms. The fourth-order valence-corrected chi connectivity index (χ4v) is 4.98. The Balaban J connectivity index is 2.16. The number of benzene rings is 2. The Morgan fingerprint density at radius 1 is 0.886 bits per heavy atom. The molecule has 0 fully saturated rings. The third-order valence-corrected chi connectivity index (χ3v) is 6.63. The number of anilines is 2. The summed E-state index contributed by atoms with van der Waals surface area (Å²) in [5.41, 5.74) is 11.8. The molecule has 2 aromatic rings. The van der Waals surface area contributed by atoms with Crippen molar-refractivity contribution in [1.29, 1.82) is 0 Å². The highest BCUT2D eigenvalue weighted by Gasteiger charge is 2.27. The Labute approximate surface area is 214 Å². The van der Waals surface area contributed by atoms with Crippen molar-refractivity contribution in [1.82, 2.24) is 0 Å². The highest BCUT2D eigenvalue weighted by molar-refractivity contribution is 5.93. The summed E-state index contributed by atoms with van der Waals surface area (Å²) in [7, 11) is 0. The third kappa shape index (κ3) is 6.10. The average molecular weight is 471 g/mol. The Morgan fingerprint density at radius 3 is 2.17 bits per heavy atom. The molecule has 0 unspecified atom stereocenters. The SMILES string of the molecule is CC/C=C1/C(/C(=C\CC)Nc2cc(CCC)c(C(C)(C)C)cc2C(C)(C)C)=CNc2ccccc21. The van der Waals surface area contributed by atoms with Gasteiger partial charge in [-0.25, -0.2) is 0 Å². The van der Waals surface area contributed by atoms with Crippen LogP contribution in [0.1, 0.15) is 104 Å². The van der Waals surface area contributed by atoms with E-state index in [-0.39, 0.29) is 10.8 Å². The number of aryl methyl sites for hydroxylation is 1. The lowest BCUT2D eigenvalue weighted by molar-refractivity contribution is 0.564. The number of hydrogen-bond acceptors (Lipinski definition) is 2. The van der Waals surface area contributed by atoms with Crippen LogP contribution in [-0.4, -0.2) is 0 Å².